The predicted molar refractivity (Wildman–Crippen MR) is 108 cm³/mol. The summed E-state index contributed by atoms with van der Waals surface area (Å²) in [5, 5.41) is 0.839. The fraction of sp³-hybridized carbons (Fsp3) is 0.182. The first kappa shape index (κ1) is 17.6. The van der Waals surface area contributed by atoms with Gasteiger partial charge in [0.1, 0.15) is 35.1 Å². The summed E-state index contributed by atoms with van der Waals surface area (Å²) in [4.78, 5) is 8.65. The van der Waals surface area contributed by atoms with E-state index in [1.54, 1.807) is 12.1 Å². The van der Waals surface area contributed by atoms with Crippen LogP contribution in [0.15, 0.2) is 61.1 Å². The van der Waals surface area contributed by atoms with Gasteiger partial charge in [0, 0.05) is 18.4 Å². The van der Waals surface area contributed by atoms with Crippen molar-refractivity contribution in [2.75, 3.05) is 18.9 Å². The summed E-state index contributed by atoms with van der Waals surface area (Å²) in [5.41, 5.74) is 8.97. The normalized spacial score (nSPS) is 16.4. The van der Waals surface area contributed by atoms with Crippen LogP contribution in [0.3, 0.4) is 0 Å². The molecule has 1 unspecified atom stereocenters. The van der Waals surface area contributed by atoms with Crippen molar-refractivity contribution >= 4 is 16.9 Å². The van der Waals surface area contributed by atoms with Crippen molar-refractivity contribution in [2.24, 2.45) is 0 Å². The molecule has 0 aliphatic carbocycles. The van der Waals surface area contributed by atoms with Gasteiger partial charge in [0.25, 0.3) is 0 Å². The number of anilines is 1. The van der Waals surface area contributed by atoms with Gasteiger partial charge in [-0.15, -0.1) is 0 Å². The first-order valence-corrected chi connectivity index (χ1v) is 9.41. The van der Waals surface area contributed by atoms with Crippen LogP contribution in [0, 0.1) is 5.82 Å². The highest BCUT2D eigenvalue weighted by Crippen LogP contribution is 2.36. The molecule has 0 bridgehead atoms. The number of nitrogens with two attached hydrogens (primary N) is 1. The lowest BCUT2D eigenvalue weighted by Crippen LogP contribution is -2.08. The summed E-state index contributed by atoms with van der Waals surface area (Å²) >= 11 is 0. The molecule has 3 heterocycles. The van der Waals surface area contributed by atoms with Crippen LogP contribution in [0.1, 0.15) is 12.5 Å². The molecule has 1 aliphatic rings. The van der Waals surface area contributed by atoms with Crippen molar-refractivity contribution in [3.05, 3.63) is 66.9 Å². The van der Waals surface area contributed by atoms with Gasteiger partial charge in [-0.3, -0.25) is 0 Å². The van der Waals surface area contributed by atoms with E-state index in [1.807, 2.05) is 24.3 Å². The first-order valence-electron chi connectivity index (χ1n) is 9.41. The average molecular weight is 390 g/mol. The Labute approximate surface area is 166 Å². The Balaban J connectivity index is 1.51. The van der Waals surface area contributed by atoms with E-state index in [4.69, 9.17) is 15.2 Å². The summed E-state index contributed by atoms with van der Waals surface area (Å²) in [7, 11) is 0. The van der Waals surface area contributed by atoms with E-state index in [9.17, 15) is 4.39 Å². The molecule has 0 radical (unpaired) electrons. The third-order valence-electron chi connectivity index (χ3n) is 5.15. The number of aromatic nitrogens is 3. The van der Waals surface area contributed by atoms with Gasteiger partial charge in [0.2, 0.25) is 0 Å². The number of hydrogen-bond donors (Lipinski definition) is 1. The Morgan fingerprint density at radius 2 is 1.76 bits per heavy atom. The summed E-state index contributed by atoms with van der Waals surface area (Å²) in [5.74, 6) is 1.40. The Morgan fingerprint density at radius 3 is 2.45 bits per heavy atom. The van der Waals surface area contributed by atoms with Gasteiger partial charge in [-0.05, 0) is 48.4 Å². The van der Waals surface area contributed by atoms with Crippen molar-refractivity contribution in [1.82, 2.24) is 14.5 Å². The molecule has 5 rings (SSSR count). The zero-order valence-corrected chi connectivity index (χ0v) is 15.6. The van der Waals surface area contributed by atoms with Crippen molar-refractivity contribution in [3.63, 3.8) is 0 Å². The maximum absolute atomic E-state index is 13.1. The minimum absolute atomic E-state index is 0.238. The van der Waals surface area contributed by atoms with Crippen LogP contribution in [0.5, 0.6) is 11.5 Å². The lowest BCUT2D eigenvalue weighted by Gasteiger charge is -2.10. The molecule has 4 aromatic rings. The molecule has 1 fully saturated rings. The summed E-state index contributed by atoms with van der Waals surface area (Å²) < 4.78 is 26.5. The van der Waals surface area contributed by atoms with Gasteiger partial charge in [0.05, 0.1) is 18.0 Å². The molecule has 1 atom stereocenters. The quantitative estimate of drug-likeness (QED) is 0.552. The molecular formula is C22H19FN4O2. The monoisotopic (exact) mass is 390 g/mol. The van der Waals surface area contributed by atoms with Gasteiger partial charge in [-0.25, -0.2) is 14.4 Å². The minimum Gasteiger partial charge on any atom is -0.457 e. The fourth-order valence-corrected chi connectivity index (χ4v) is 3.69. The van der Waals surface area contributed by atoms with Crippen LogP contribution in [-0.4, -0.2) is 27.7 Å². The molecule has 29 heavy (non-hydrogen) atoms. The summed E-state index contributed by atoms with van der Waals surface area (Å²) in [6.45, 7) is 1.41. The Bertz CT molecular complexity index is 1150. The van der Waals surface area contributed by atoms with E-state index in [1.165, 1.54) is 18.5 Å². The molecule has 146 valence electrons. The molecule has 2 N–H and O–H groups in total. The SMILES string of the molecule is Nc1ncnc2c1c(-c1ccc(Oc3ccc(F)cc3)cc1)cn2C1CCOC1. The third kappa shape index (κ3) is 3.30. The van der Waals surface area contributed by atoms with Crippen LogP contribution < -0.4 is 10.5 Å². The number of halogens is 1. The van der Waals surface area contributed by atoms with E-state index < -0.39 is 0 Å². The maximum Gasteiger partial charge on any atom is 0.146 e. The fourth-order valence-electron chi connectivity index (χ4n) is 3.69. The Kier molecular flexibility index (Phi) is 4.37. The van der Waals surface area contributed by atoms with Crippen LogP contribution in [0.25, 0.3) is 22.2 Å². The maximum atomic E-state index is 13.1. The second kappa shape index (κ2) is 7.18. The zero-order chi connectivity index (χ0) is 19.8. The molecular weight excluding hydrogens is 371 g/mol. The molecule has 1 aliphatic heterocycles. The van der Waals surface area contributed by atoms with Gasteiger partial charge >= 0.3 is 0 Å². The smallest absolute Gasteiger partial charge is 0.146 e. The lowest BCUT2D eigenvalue weighted by atomic mass is 10.1. The zero-order valence-electron chi connectivity index (χ0n) is 15.6. The molecule has 6 nitrogen and oxygen atoms in total. The number of nitrogen functional groups attached to an aromatic ring is 1. The molecule has 0 spiro atoms. The van der Waals surface area contributed by atoms with Crippen LogP contribution >= 0.6 is 0 Å². The standard InChI is InChI=1S/C22H19FN4O2/c23-15-3-7-18(8-4-15)29-17-5-1-14(2-6-17)19-11-27(16-9-10-28-12-16)22-20(19)21(24)25-13-26-22/h1-8,11,13,16H,9-10,12H2,(H2,24,25,26). The highest BCUT2D eigenvalue weighted by Gasteiger charge is 2.23. The van der Waals surface area contributed by atoms with Gasteiger partial charge in [0.15, 0.2) is 0 Å². The first-order chi connectivity index (χ1) is 14.2. The number of nitrogens with zero attached hydrogens (tertiary/aromatic N) is 3. The van der Waals surface area contributed by atoms with Gasteiger partial charge < -0.3 is 19.8 Å². The molecule has 1 saturated heterocycles. The minimum atomic E-state index is -0.295. The summed E-state index contributed by atoms with van der Waals surface area (Å²) in [6, 6.07) is 13.9. The van der Waals surface area contributed by atoms with E-state index >= 15 is 0 Å². The second-order valence-electron chi connectivity index (χ2n) is 7.01. The van der Waals surface area contributed by atoms with Crippen molar-refractivity contribution in [1.29, 1.82) is 0 Å². The highest BCUT2D eigenvalue weighted by atomic mass is 19.1. The average Bonchev–Trinajstić information content (AvgIpc) is 3.39. The number of rotatable bonds is 4. The molecule has 2 aromatic carbocycles. The van der Waals surface area contributed by atoms with Crippen molar-refractivity contribution in [3.8, 4) is 22.6 Å². The predicted octanol–water partition coefficient (Wildman–Crippen LogP) is 4.57. The van der Waals surface area contributed by atoms with E-state index in [-0.39, 0.29) is 11.9 Å². The van der Waals surface area contributed by atoms with Crippen LogP contribution in [0.2, 0.25) is 0 Å². The number of ether oxygens (including phenoxy) is 2. The molecule has 7 heteroatoms. The van der Waals surface area contributed by atoms with E-state index in [0.717, 1.165) is 35.2 Å². The third-order valence-corrected chi connectivity index (χ3v) is 5.15. The van der Waals surface area contributed by atoms with Crippen LogP contribution in [-0.2, 0) is 4.74 Å². The van der Waals surface area contributed by atoms with Crippen molar-refractivity contribution in [2.45, 2.75) is 12.5 Å². The molecule has 0 saturated carbocycles. The van der Waals surface area contributed by atoms with E-state index in [2.05, 4.69) is 20.7 Å². The number of fused-ring (bicyclic) bond motifs is 1. The Hall–Kier alpha value is -3.45. The summed E-state index contributed by atoms with van der Waals surface area (Å²) in [6.07, 6.45) is 4.51. The molecule has 0 amide bonds. The van der Waals surface area contributed by atoms with Crippen LogP contribution in [0.4, 0.5) is 10.2 Å². The van der Waals surface area contributed by atoms with Crippen molar-refractivity contribution < 1.29 is 13.9 Å². The topological polar surface area (TPSA) is 75.2 Å². The number of benzene rings is 2. The highest BCUT2D eigenvalue weighted by molar-refractivity contribution is 6.00. The second-order valence-corrected chi connectivity index (χ2v) is 7.01. The number of hydrogen-bond acceptors (Lipinski definition) is 5. The van der Waals surface area contributed by atoms with Gasteiger partial charge in [-0.2, -0.15) is 0 Å². The Morgan fingerprint density at radius 1 is 1.03 bits per heavy atom. The molecule has 2 aromatic heterocycles. The largest absolute Gasteiger partial charge is 0.457 e. The van der Waals surface area contributed by atoms with E-state index in [0.29, 0.717) is 23.9 Å². The lowest BCUT2D eigenvalue weighted by molar-refractivity contribution is 0.187. The van der Waals surface area contributed by atoms with Gasteiger partial charge in [-0.1, -0.05) is 12.1 Å².